The third-order valence-corrected chi connectivity index (χ3v) is 12.6. The van der Waals surface area contributed by atoms with Crippen molar-refractivity contribution in [2.75, 3.05) is 13.2 Å². The smallest absolute Gasteiger partial charge is 0.306 e. The van der Waals surface area contributed by atoms with E-state index >= 15 is 0 Å². The Hall–Kier alpha value is -4.71. The highest BCUT2D eigenvalue weighted by molar-refractivity contribution is 5.71. The Morgan fingerprint density at radius 3 is 0.855 bits per heavy atom. The average Bonchev–Trinajstić information content (AvgIpc) is 3.42. The van der Waals surface area contributed by atoms with Gasteiger partial charge in [0.1, 0.15) is 13.2 Å². The summed E-state index contributed by atoms with van der Waals surface area (Å²) in [7, 11) is 0. The third kappa shape index (κ3) is 60.2. The first-order valence-electron chi connectivity index (χ1n) is 30.8. The minimum Gasteiger partial charge on any atom is -0.462 e. The van der Waals surface area contributed by atoms with E-state index < -0.39 is 6.10 Å². The number of ether oxygens (including phenoxy) is 3. The molecule has 0 aliphatic carbocycles. The summed E-state index contributed by atoms with van der Waals surface area (Å²) in [5, 5.41) is 0. The summed E-state index contributed by atoms with van der Waals surface area (Å²) < 4.78 is 16.8. The highest BCUT2D eigenvalue weighted by Crippen LogP contribution is 2.14. The molecular formula is C70H112O6. The first-order chi connectivity index (χ1) is 37.5. The Bertz CT molecular complexity index is 1680. The Kier molecular flexibility index (Phi) is 58.9. The summed E-state index contributed by atoms with van der Waals surface area (Å²) >= 11 is 0. The van der Waals surface area contributed by atoms with Crippen molar-refractivity contribution >= 4 is 17.9 Å². The minimum atomic E-state index is -0.825. The van der Waals surface area contributed by atoms with E-state index in [2.05, 4.69) is 167 Å². The minimum absolute atomic E-state index is 0.115. The lowest BCUT2D eigenvalue weighted by atomic mass is 10.1. The van der Waals surface area contributed by atoms with Crippen molar-refractivity contribution in [3.63, 3.8) is 0 Å². The summed E-state index contributed by atoms with van der Waals surface area (Å²) in [5.41, 5.74) is 0. The molecule has 0 saturated carbocycles. The number of allylic oxidation sites excluding steroid dienone is 24. The summed E-state index contributed by atoms with van der Waals surface area (Å²) in [6.07, 6.45) is 89.9. The molecule has 76 heavy (non-hydrogen) atoms. The fraction of sp³-hybridized carbons (Fsp3) is 0.614. The molecule has 0 rings (SSSR count). The average molecular weight is 1050 g/mol. The molecule has 0 radical (unpaired) electrons. The van der Waals surface area contributed by atoms with Crippen molar-refractivity contribution in [1.29, 1.82) is 0 Å². The summed E-state index contributed by atoms with van der Waals surface area (Å²) in [4.78, 5) is 38.3. The van der Waals surface area contributed by atoms with E-state index in [1.54, 1.807) is 0 Å². The quantitative estimate of drug-likeness (QED) is 0.0261. The highest BCUT2D eigenvalue weighted by Gasteiger charge is 2.19. The van der Waals surface area contributed by atoms with Gasteiger partial charge in [-0.2, -0.15) is 0 Å². The van der Waals surface area contributed by atoms with Crippen molar-refractivity contribution in [1.82, 2.24) is 0 Å². The van der Waals surface area contributed by atoms with Crippen molar-refractivity contribution < 1.29 is 28.6 Å². The van der Waals surface area contributed by atoms with E-state index in [9.17, 15) is 14.4 Å². The third-order valence-electron chi connectivity index (χ3n) is 12.6. The van der Waals surface area contributed by atoms with Crippen molar-refractivity contribution in [2.45, 2.75) is 264 Å². The van der Waals surface area contributed by atoms with E-state index in [1.165, 1.54) is 70.6 Å². The second kappa shape index (κ2) is 62.8. The van der Waals surface area contributed by atoms with Crippen LogP contribution >= 0.6 is 0 Å². The maximum atomic E-state index is 12.9. The van der Waals surface area contributed by atoms with Crippen molar-refractivity contribution in [3.8, 4) is 0 Å². The van der Waals surface area contributed by atoms with Gasteiger partial charge in [-0.3, -0.25) is 14.4 Å². The Morgan fingerprint density at radius 2 is 0.526 bits per heavy atom. The van der Waals surface area contributed by atoms with E-state index in [-0.39, 0.29) is 37.5 Å². The molecule has 0 aliphatic heterocycles. The fourth-order valence-corrected chi connectivity index (χ4v) is 8.01. The van der Waals surface area contributed by atoms with Crippen LogP contribution < -0.4 is 0 Å². The lowest BCUT2D eigenvalue weighted by Gasteiger charge is -2.18. The number of carbonyl (C=O) groups is 3. The summed E-state index contributed by atoms with van der Waals surface area (Å²) in [6.45, 7) is 6.34. The number of esters is 3. The van der Waals surface area contributed by atoms with Crippen LogP contribution in [-0.2, 0) is 28.6 Å². The molecule has 0 bridgehead atoms. The number of hydrogen-bond acceptors (Lipinski definition) is 6. The molecule has 1 unspecified atom stereocenters. The molecule has 0 spiro atoms. The Morgan fingerprint density at radius 1 is 0.276 bits per heavy atom. The van der Waals surface area contributed by atoms with E-state index in [0.717, 1.165) is 141 Å². The van der Waals surface area contributed by atoms with E-state index in [0.29, 0.717) is 19.3 Å². The zero-order chi connectivity index (χ0) is 55.0. The lowest BCUT2D eigenvalue weighted by Crippen LogP contribution is -2.30. The van der Waals surface area contributed by atoms with Crippen LogP contribution in [0.25, 0.3) is 0 Å². The van der Waals surface area contributed by atoms with Crippen LogP contribution in [0.4, 0.5) is 0 Å². The fourth-order valence-electron chi connectivity index (χ4n) is 8.01. The van der Waals surface area contributed by atoms with Gasteiger partial charge in [0, 0.05) is 19.3 Å². The van der Waals surface area contributed by atoms with E-state index in [4.69, 9.17) is 14.2 Å². The zero-order valence-corrected chi connectivity index (χ0v) is 49.0. The maximum absolute atomic E-state index is 12.9. The van der Waals surface area contributed by atoms with Crippen molar-refractivity contribution in [3.05, 3.63) is 146 Å². The van der Waals surface area contributed by atoms with Gasteiger partial charge in [-0.1, -0.05) is 250 Å². The first kappa shape index (κ1) is 71.3. The first-order valence-corrected chi connectivity index (χ1v) is 30.8. The second-order valence-corrected chi connectivity index (χ2v) is 19.8. The van der Waals surface area contributed by atoms with Crippen LogP contribution in [0.3, 0.4) is 0 Å². The molecule has 0 amide bonds. The molecule has 0 fully saturated rings. The largest absolute Gasteiger partial charge is 0.462 e. The SMILES string of the molecule is CC/C=C\C/C=C\C/C=C\C/C=C\C/C=C\C/C=C\CCCCCCCCC(=O)OCC(COC(=O)CCCCCCC/C=C\CCCCCCCCC)OC(=O)CCC/C=C\C/C=C\C/C=C\C/C=C\C/C=C\CC. The number of hydrogen-bond donors (Lipinski definition) is 0. The molecule has 428 valence electrons. The summed E-state index contributed by atoms with van der Waals surface area (Å²) in [6, 6.07) is 0. The van der Waals surface area contributed by atoms with Gasteiger partial charge in [-0.05, 0) is 135 Å². The predicted molar refractivity (Wildman–Crippen MR) is 329 cm³/mol. The van der Waals surface area contributed by atoms with Gasteiger partial charge in [-0.15, -0.1) is 0 Å². The molecule has 1 atom stereocenters. The summed E-state index contributed by atoms with van der Waals surface area (Å²) in [5.74, 6) is -0.999. The van der Waals surface area contributed by atoms with E-state index in [1.807, 2.05) is 0 Å². The van der Waals surface area contributed by atoms with Crippen LogP contribution in [0.5, 0.6) is 0 Å². The Balaban J connectivity index is 4.50. The van der Waals surface area contributed by atoms with Gasteiger partial charge < -0.3 is 14.2 Å². The van der Waals surface area contributed by atoms with Gasteiger partial charge in [-0.25, -0.2) is 0 Å². The number of rotatable bonds is 54. The highest BCUT2D eigenvalue weighted by atomic mass is 16.6. The molecule has 0 aromatic rings. The molecule has 6 nitrogen and oxygen atoms in total. The molecule has 0 aromatic carbocycles. The molecule has 0 heterocycles. The molecule has 6 heteroatoms. The van der Waals surface area contributed by atoms with Crippen LogP contribution in [0.15, 0.2) is 146 Å². The Labute approximate surface area is 467 Å². The molecule has 0 saturated heterocycles. The van der Waals surface area contributed by atoms with Gasteiger partial charge >= 0.3 is 17.9 Å². The maximum Gasteiger partial charge on any atom is 0.306 e. The normalized spacial score (nSPS) is 13.1. The van der Waals surface area contributed by atoms with Crippen molar-refractivity contribution in [2.24, 2.45) is 0 Å². The van der Waals surface area contributed by atoms with Gasteiger partial charge in [0.2, 0.25) is 0 Å². The monoisotopic (exact) mass is 1050 g/mol. The van der Waals surface area contributed by atoms with Crippen LogP contribution in [0, 0.1) is 0 Å². The topological polar surface area (TPSA) is 78.9 Å². The predicted octanol–water partition coefficient (Wildman–Crippen LogP) is 21.2. The van der Waals surface area contributed by atoms with Gasteiger partial charge in [0.05, 0.1) is 0 Å². The van der Waals surface area contributed by atoms with Crippen LogP contribution in [0.2, 0.25) is 0 Å². The zero-order valence-electron chi connectivity index (χ0n) is 49.0. The lowest BCUT2D eigenvalue weighted by molar-refractivity contribution is -0.167. The standard InChI is InChI=1S/C70H112O6/c1-4-7-10-13-16-19-22-25-28-31-32-33-34-35-36-37-38-40-42-45-48-51-54-57-60-63-69(72)75-66-67(65-74-68(71)62-59-56-53-50-47-44-41-30-27-24-21-18-15-12-9-6-3)76-70(73)64-61-58-55-52-49-46-43-39-29-26-23-20-17-14-11-8-5-2/h7-8,10-11,16-17,19-20,25-26,28-30,32-33,35-36,38,40-41,43,46,52,55,67H,4-6,9,12-15,18,21-24,27,31,34,37,39,42,44-45,47-51,53-54,56-66H2,1-3H3/b10-7-,11-8-,19-16-,20-17-,28-25-,29-26-,33-32-,36-35-,40-38-,41-30-,46-43-,55-52-. The number of carbonyl (C=O) groups excluding carboxylic acids is 3. The van der Waals surface area contributed by atoms with Crippen LogP contribution in [-0.4, -0.2) is 37.2 Å². The van der Waals surface area contributed by atoms with Gasteiger partial charge in [0.25, 0.3) is 0 Å². The van der Waals surface area contributed by atoms with Crippen LogP contribution in [0.1, 0.15) is 258 Å². The molecule has 0 aromatic heterocycles. The van der Waals surface area contributed by atoms with Gasteiger partial charge in [0.15, 0.2) is 6.10 Å². The second-order valence-electron chi connectivity index (χ2n) is 19.8. The molecular weight excluding hydrogens is 937 g/mol. The number of unbranched alkanes of at least 4 members (excludes halogenated alkanes) is 19. The molecule has 0 aliphatic rings. The molecule has 0 N–H and O–H groups in total.